The van der Waals surface area contributed by atoms with Crippen molar-refractivity contribution in [1.29, 1.82) is 0 Å². The van der Waals surface area contributed by atoms with Gasteiger partial charge in [0.2, 0.25) is 0 Å². The van der Waals surface area contributed by atoms with Crippen molar-refractivity contribution in [3.05, 3.63) is 0 Å². The molecule has 0 aromatic carbocycles. The first kappa shape index (κ1) is 17.9. The van der Waals surface area contributed by atoms with Gasteiger partial charge in [0, 0.05) is 5.75 Å². The molecule has 0 spiro atoms. The first-order valence-corrected chi connectivity index (χ1v) is 9.14. The van der Waals surface area contributed by atoms with Crippen LogP contribution in [0.4, 0.5) is 0 Å². The molecule has 0 fully saturated rings. The highest BCUT2D eigenvalue weighted by atomic mass is 32.2. The highest BCUT2D eigenvalue weighted by Gasteiger charge is 2.13. The van der Waals surface area contributed by atoms with Crippen molar-refractivity contribution < 1.29 is 8.42 Å². The Hall–Kier alpha value is -0.0900. The number of hydrogen-bond donors (Lipinski definition) is 1. The van der Waals surface area contributed by atoms with Crippen LogP contribution in [0.15, 0.2) is 0 Å². The zero-order valence-corrected chi connectivity index (χ0v) is 13.4. The molecule has 0 aliphatic carbocycles. The Kier molecular flexibility index (Phi) is 9.74. The molecule has 110 valence electrons. The van der Waals surface area contributed by atoms with E-state index in [9.17, 15) is 8.42 Å². The first-order chi connectivity index (χ1) is 8.41. The van der Waals surface area contributed by atoms with Crippen molar-refractivity contribution in [2.45, 2.75) is 53.4 Å². The lowest BCUT2D eigenvalue weighted by molar-refractivity contribution is 0.364. The van der Waals surface area contributed by atoms with Crippen molar-refractivity contribution in [2.24, 2.45) is 11.8 Å². The number of hydrogen-bond acceptors (Lipinski definition) is 3. The van der Waals surface area contributed by atoms with Crippen LogP contribution in [0.5, 0.6) is 0 Å². The van der Waals surface area contributed by atoms with Crippen LogP contribution in [0.25, 0.3) is 0 Å². The lowest BCUT2D eigenvalue weighted by Crippen LogP contribution is -2.25. The van der Waals surface area contributed by atoms with E-state index in [4.69, 9.17) is 0 Å². The van der Waals surface area contributed by atoms with Crippen LogP contribution >= 0.6 is 0 Å². The van der Waals surface area contributed by atoms with Gasteiger partial charge in [0.25, 0.3) is 0 Å². The third kappa shape index (κ3) is 9.89. The maximum absolute atomic E-state index is 11.4. The summed E-state index contributed by atoms with van der Waals surface area (Å²) in [5, 5.41) is 3.45. The predicted octanol–water partition coefficient (Wildman–Crippen LogP) is 2.86. The molecule has 0 saturated carbocycles. The molecule has 0 radical (unpaired) electrons. The zero-order valence-electron chi connectivity index (χ0n) is 12.5. The SMILES string of the molecule is CCCNCC(CCCS(=O)(=O)CC)CC(C)C. The van der Waals surface area contributed by atoms with Gasteiger partial charge in [0.15, 0.2) is 0 Å². The second-order valence-electron chi connectivity index (χ2n) is 5.58. The van der Waals surface area contributed by atoms with Gasteiger partial charge in [-0.05, 0) is 50.6 Å². The Morgan fingerprint density at radius 3 is 2.33 bits per heavy atom. The van der Waals surface area contributed by atoms with Gasteiger partial charge in [0.1, 0.15) is 9.84 Å². The van der Waals surface area contributed by atoms with Gasteiger partial charge in [-0.1, -0.05) is 27.7 Å². The normalized spacial score (nSPS) is 14.1. The van der Waals surface area contributed by atoms with Gasteiger partial charge >= 0.3 is 0 Å². The molecule has 0 bridgehead atoms. The first-order valence-electron chi connectivity index (χ1n) is 7.32. The molecule has 0 aliphatic rings. The predicted molar refractivity (Wildman–Crippen MR) is 79.7 cm³/mol. The van der Waals surface area contributed by atoms with E-state index >= 15 is 0 Å². The summed E-state index contributed by atoms with van der Waals surface area (Å²) >= 11 is 0. The van der Waals surface area contributed by atoms with E-state index in [2.05, 4.69) is 26.1 Å². The molecule has 0 heterocycles. The molecular weight excluding hydrogens is 246 g/mol. The Morgan fingerprint density at radius 2 is 1.83 bits per heavy atom. The minimum absolute atomic E-state index is 0.274. The Bertz CT molecular complexity index is 286. The second kappa shape index (κ2) is 9.79. The third-order valence-electron chi connectivity index (χ3n) is 3.17. The van der Waals surface area contributed by atoms with Gasteiger partial charge in [-0.15, -0.1) is 0 Å². The summed E-state index contributed by atoms with van der Waals surface area (Å²) < 4.78 is 22.9. The minimum Gasteiger partial charge on any atom is -0.316 e. The van der Waals surface area contributed by atoms with Crippen LogP contribution in [-0.4, -0.2) is 33.0 Å². The molecular formula is C14H31NO2S. The molecule has 1 atom stereocenters. The Labute approximate surface area is 114 Å². The lowest BCUT2D eigenvalue weighted by Gasteiger charge is -2.19. The smallest absolute Gasteiger partial charge is 0.150 e. The molecule has 18 heavy (non-hydrogen) atoms. The van der Waals surface area contributed by atoms with Gasteiger partial charge in [-0.2, -0.15) is 0 Å². The van der Waals surface area contributed by atoms with Gasteiger partial charge in [0.05, 0.1) is 5.75 Å². The summed E-state index contributed by atoms with van der Waals surface area (Å²) in [7, 11) is -2.79. The molecule has 0 amide bonds. The van der Waals surface area contributed by atoms with Crippen LogP contribution in [0.1, 0.15) is 53.4 Å². The maximum atomic E-state index is 11.4. The number of nitrogens with one attached hydrogen (secondary N) is 1. The highest BCUT2D eigenvalue weighted by Crippen LogP contribution is 2.17. The van der Waals surface area contributed by atoms with E-state index in [0.29, 0.717) is 17.6 Å². The molecule has 0 saturated heterocycles. The van der Waals surface area contributed by atoms with Crippen molar-refractivity contribution >= 4 is 9.84 Å². The van der Waals surface area contributed by atoms with Crippen molar-refractivity contribution in [3.8, 4) is 0 Å². The standard InChI is InChI=1S/C14H31NO2S/c1-5-9-15-12-14(11-13(3)4)8-7-10-18(16,17)6-2/h13-15H,5-12H2,1-4H3. The van der Waals surface area contributed by atoms with Crippen LogP contribution in [0, 0.1) is 11.8 Å². The molecule has 0 aromatic rings. The molecule has 0 rings (SSSR count). The van der Waals surface area contributed by atoms with E-state index < -0.39 is 9.84 Å². The summed E-state index contributed by atoms with van der Waals surface area (Å²) in [5.74, 6) is 1.92. The molecule has 4 heteroatoms. The van der Waals surface area contributed by atoms with Crippen LogP contribution < -0.4 is 5.32 Å². The fraction of sp³-hybridized carbons (Fsp3) is 1.00. The Balaban J connectivity index is 4.00. The summed E-state index contributed by atoms with van der Waals surface area (Å²) in [6.45, 7) is 10.4. The van der Waals surface area contributed by atoms with Crippen molar-refractivity contribution in [2.75, 3.05) is 24.6 Å². The zero-order chi connectivity index (χ0) is 14.0. The van der Waals surface area contributed by atoms with Crippen LogP contribution in [-0.2, 0) is 9.84 Å². The Morgan fingerprint density at radius 1 is 1.17 bits per heavy atom. The van der Waals surface area contributed by atoms with E-state index in [1.165, 1.54) is 6.42 Å². The summed E-state index contributed by atoms with van der Waals surface area (Å²) in [6, 6.07) is 0. The van der Waals surface area contributed by atoms with Crippen molar-refractivity contribution in [1.82, 2.24) is 5.32 Å². The summed E-state index contributed by atoms with van der Waals surface area (Å²) in [5.41, 5.74) is 0. The topological polar surface area (TPSA) is 46.2 Å². The van der Waals surface area contributed by atoms with E-state index in [1.807, 2.05) is 0 Å². The second-order valence-corrected chi connectivity index (χ2v) is 8.05. The molecule has 1 N–H and O–H groups in total. The molecule has 0 aromatic heterocycles. The van der Waals surface area contributed by atoms with Crippen LogP contribution in [0.3, 0.4) is 0 Å². The minimum atomic E-state index is -2.79. The lowest BCUT2D eigenvalue weighted by atomic mass is 9.93. The van der Waals surface area contributed by atoms with E-state index in [-0.39, 0.29) is 5.75 Å². The van der Waals surface area contributed by atoms with Gasteiger partial charge in [-0.3, -0.25) is 0 Å². The van der Waals surface area contributed by atoms with Gasteiger partial charge < -0.3 is 5.32 Å². The van der Waals surface area contributed by atoms with E-state index in [0.717, 1.165) is 32.4 Å². The van der Waals surface area contributed by atoms with Crippen molar-refractivity contribution in [3.63, 3.8) is 0 Å². The average Bonchev–Trinajstić information content (AvgIpc) is 2.28. The molecule has 0 aliphatic heterocycles. The van der Waals surface area contributed by atoms with E-state index in [1.54, 1.807) is 6.92 Å². The average molecular weight is 277 g/mol. The molecule has 3 nitrogen and oxygen atoms in total. The monoisotopic (exact) mass is 277 g/mol. The maximum Gasteiger partial charge on any atom is 0.150 e. The number of rotatable bonds is 11. The quantitative estimate of drug-likeness (QED) is 0.591. The fourth-order valence-corrected chi connectivity index (χ4v) is 3.08. The fourth-order valence-electron chi connectivity index (χ4n) is 2.19. The molecule has 1 unspecified atom stereocenters. The van der Waals surface area contributed by atoms with Crippen LogP contribution in [0.2, 0.25) is 0 Å². The number of sulfone groups is 1. The summed E-state index contributed by atoms with van der Waals surface area (Å²) in [4.78, 5) is 0. The highest BCUT2D eigenvalue weighted by molar-refractivity contribution is 7.91. The largest absolute Gasteiger partial charge is 0.316 e. The summed E-state index contributed by atoms with van der Waals surface area (Å²) in [6.07, 6.45) is 4.16. The van der Waals surface area contributed by atoms with Gasteiger partial charge in [-0.25, -0.2) is 8.42 Å². The third-order valence-corrected chi connectivity index (χ3v) is 4.96.